The van der Waals surface area contributed by atoms with Gasteiger partial charge in [0.2, 0.25) is 0 Å². The first-order valence-electron chi connectivity index (χ1n) is 6.03. The van der Waals surface area contributed by atoms with E-state index in [1.807, 2.05) is 0 Å². The van der Waals surface area contributed by atoms with Crippen molar-refractivity contribution in [3.05, 3.63) is 0 Å². The fourth-order valence-electron chi connectivity index (χ4n) is 2.42. The summed E-state index contributed by atoms with van der Waals surface area (Å²) in [5.41, 5.74) is 0. The molecule has 17 heavy (non-hydrogen) atoms. The van der Waals surface area contributed by atoms with Crippen molar-refractivity contribution in [2.75, 3.05) is 19.8 Å². The fourth-order valence-corrected chi connectivity index (χ4v) is 2.42. The minimum atomic E-state index is -0.848. The Morgan fingerprint density at radius 3 is 2.88 bits per heavy atom. The average molecular weight is 242 g/mol. The van der Waals surface area contributed by atoms with E-state index in [2.05, 4.69) is 5.32 Å². The lowest BCUT2D eigenvalue weighted by atomic mass is 10.1. The van der Waals surface area contributed by atoms with Gasteiger partial charge in [0.25, 0.3) is 0 Å². The molecule has 0 aliphatic carbocycles. The number of carboxylic acid groups (broad SMARTS) is 1. The third kappa shape index (κ3) is 3.09. The summed E-state index contributed by atoms with van der Waals surface area (Å²) in [7, 11) is 0. The fraction of sp³-hybridized carbons (Fsp3) is 0.818. The second kappa shape index (κ2) is 5.35. The Morgan fingerprint density at radius 1 is 1.41 bits per heavy atom. The second-order valence-electron chi connectivity index (χ2n) is 4.60. The first-order chi connectivity index (χ1) is 8.16. The molecule has 0 bridgehead atoms. The SMILES string of the molecule is O=C(O)CC1CCCN1C(=O)NC1CCOC1. The van der Waals surface area contributed by atoms with Crippen LogP contribution in [0.5, 0.6) is 0 Å². The smallest absolute Gasteiger partial charge is 0.317 e. The number of carbonyl (C=O) groups is 2. The summed E-state index contributed by atoms with van der Waals surface area (Å²) >= 11 is 0. The maximum absolute atomic E-state index is 12.0. The molecular weight excluding hydrogens is 224 g/mol. The van der Waals surface area contributed by atoms with Crippen molar-refractivity contribution in [1.82, 2.24) is 10.2 Å². The van der Waals surface area contributed by atoms with Crippen molar-refractivity contribution < 1.29 is 19.4 Å². The van der Waals surface area contributed by atoms with Crippen molar-refractivity contribution in [2.45, 2.75) is 37.8 Å². The van der Waals surface area contributed by atoms with Crippen LogP contribution in [-0.2, 0) is 9.53 Å². The third-order valence-electron chi connectivity index (χ3n) is 3.31. The minimum Gasteiger partial charge on any atom is -0.481 e. The summed E-state index contributed by atoms with van der Waals surface area (Å²) in [6.45, 7) is 1.89. The Hall–Kier alpha value is -1.30. The maximum Gasteiger partial charge on any atom is 0.317 e. The predicted octanol–water partition coefficient (Wildman–Crippen LogP) is 0.424. The van der Waals surface area contributed by atoms with Crippen LogP contribution in [0.2, 0.25) is 0 Å². The number of likely N-dealkylation sites (tertiary alicyclic amines) is 1. The van der Waals surface area contributed by atoms with Crippen LogP contribution in [-0.4, -0.2) is 53.8 Å². The van der Waals surface area contributed by atoms with Crippen LogP contribution in [0.15, 0.2) is 0 Å². The molecule has 6 heteroatoms. The van der Waals surface area contributed by atoms with Gasteiger partial charge < -0.3 is 20.1 Å². The maximum atomic E-state index is 12.0. The van der Waals surface area contributed by atoms with Crippen LogP contribution < -0.4 is 5.32 Å². The number of nitrogens with zero attached hydrogens (tertiary/aromatic N) is 1. The van der Waals surface area contributed by atoms with Crippen LogP contribution in [0.1, 0.15) is 25.7 Å². The molecule has 2 unspecified atom stereocenters. The summed E-state index contributed by atoms with van der Waals surface area (Å²) in [5.74, 6) is -0.848. The van der Waals surface area contributed by atoms with E-state index in [9.17, 15) is 9.59 Å². The topological polar surface area (TPSA) is 78.9 Å². The molecule has 2 amide bonds. The second-order valence-corrected chi connectivity index (χ2v) is 4.60. The van der Waals surface area contributed by atoms with Gasteiger partial charge in [0.15, 0.2) is 0 Å². The number of hydrogen-bond donors (Lipinski definition) is 2. The van der Waals surface area contributed by atoms with Gasteiger partial charge in [-0.15, -0.1) is 0 Å². The molecule has 0 aromatic carbocycles. The molecule has 0 aromatic heterocycles. The molecule has 2 atom stereocenters. The Labute approximate surface area is 99.9 Å². The Bertz CT molecular complexity index is 302. The number of hydrogen-bond acceptors (Lipinski definition) is 3. The number of aliphatic carboxylic acids is 1. The number of carbonyl (C=O) groups excluding carboxylic acids is 1. The van der Waals surface area contributed by atoms with Gasteiger partial charge in [-0.3, -0.25) is 4.79 Å². The van der Waals surface area contributed by atoms with Gasteiger partial charge in [0.1, 0.15) is 0 Å². The van der Waals surface area contributed by atoms with Crippen LogP contribution >= 0.6 is 0 Å². The largest absolute Gasteiger partial charge is 0.481 e. The number of nitrogens with one attached hydrogen (secondary N) is 1. The molecule has 2 rings (SSSR count). The van der Waals surface area contributed by atoms with E-state index in [4.69, 9.17) is 9.84 Å². The van der Waals surface area contributed by atoms with Crippen LogP contribution in [0.25, 0.3) is 0 Å². The molecular formula is C11H18N2O4. The molecule has 0 aromatic rings. The van der Waals surface area contributed by atoms with E-state index in [0.29, 0.717) is 19.8 Å². The summed E-state index contributed by atoms with van der Waals surface area (Å²) in [5, 5.41) is 11.7. The zero-order chi connectivity index (χ0) is 12.3. The van der Waals surface area contributed by atoms with Gasteiger partial charge in [-0.05, 0) is 19.3 Å². The lowest BCUT2D eigenvalue weighted by Gasteiger charge is -2.25. The van der Waals surface area contributed by atoms with Gasteiger partial charge in [0.05, 0.1) is 19.1 Å². The monoisotopic (exact) mass is 242 g/mol. The molecule has 0 radical (unpaired) electrons. The number of ether oxygens (including phenoxy) is 1. The van der Waals surface area contributed by atoms with Crippen LogP contribution in [0.3, 0.4) is 0 Å². The van der Waals surface area contributed by atoms with Gasteiger partial charge in [-0.2, -0.15) is 0 Å². The number of amides is 2. The van der Waals surface area contributed by atoms with Crippen molar-refractivity contribution in [1.29, 1.82) is 0 Å². The number of rotatable bonds is 3. The highest BCUT2D eigenvalue weighted by atomic mass is 16.5. The van der Waals surface area contributed by atoms with E-state index in [1.54, 1.807) is 4.90 Å². The Morgan fingerprint density at radius 2 is 2.24 bits per heavy atom. The van der Waals surface area contributed by atoms with E-state index in [-0.39, 0.29) is 24.5 Å². The van der Waals surface area contributed by atoms with E-state index in [1.165, 1.54) is 0 Å². The molecule has 2 fully saturated rings. The van der Waals surface area contributed by atoms with Crippen molar-refractivity contribution in [2.24, 2.45) is 0 Å². The molecule has 2 heterocycles. The van der Waals surface area contributed by atoms with E-state index >= 15 is 0 Å². The molecule has 2 N–H and O–H groups in total. The Balaban J connectivity index is 1.86. The standard InChI is InChI=1S/C11H18N2O4/c14-10(15)6-9-2-1-4-13(9)11(16)12-8-3-5-17-7-8/h8-9H,1-7H2,(H,12,16)(H,14,15). The van der Waals surface area contributed by atoms with Crippen molar-refractivity contribution >= 4 is 12.0 Å². The quantitative estimate of drug-likeness (QED) is 0.752. The van der Waals surface area contributed by atoms with E-state index in [0.717, 1.165) is 19.3 Å². The lowest BCUT2D eigenvalue weighted by molar-refractivity contribution is -0.137. The predicted molar refractivity (Wildman–Crippen MR) is 59.7 cm³/mol. The van der Waals surface area contributed by atoms with E-state index < -0.39 is 5.97 Å². The molecule has 0 saturated carbocycles. The highest BCUT2D eigenvalue weighted by Gasteiger charge is 2.31. The zero-order valence-electron chi connectivity index (χ0n) is 9.72. The summed E-state index contributed by atoms with van der Waals surface area (Å²) in [6, 6.07) is -0.229. The number of urea groups is 1. The van der Waals surface area contributed by atoms with Gasteiger partial charge in [-0.25, -0.2) is 4.79 Å². The molecule has 0 spiro atoms. The highest BCUT2D eigenvalue weighted by Crippen LogP contribution is 2.20. The van der Waals surface area contributed by atoms with Crippen LogP contribution in [0, 0.1) is 0 Å². The molecule has 96 valence electrons. The van der Waals surface area contributed by atoms with Crippen molar-refractivity contribution in [3.8, 4) is 0 Å². The Kier molecular flexibility index (Phi) is 3.83. The van der Waals surface area contributed by atoms with Gasteiger partial charge in [0, 0.05) is 19.2 Å². The van der Waals surface area contributed by atoms with Crippen LogP contribution in [0.4, 0.5) is 4.79 Å². The first kappa shape index (κ1) is 12.2. The van der Waals surface area contributed by atoms with Gasteiger partial charge in [-0.1, -0.05) is 0 Å². The zero-order valence-corrected chi connectivity index (χ0v) is 9.72. The average Bonchev–Trinajstić information content (AvgIpc) is 2.87. The lowest BCUT2D eigenvalue weighted by Crippen LogP contribution is -2.47. The summed E-state index contributed by atoms with van der Waals surface area (Å²) < 4.78 is 5.18. The first-order valence-corrected chi connectivity index (χ1v) is 6.03. The molecule has 2 aliphatic heterocycles. The third-order valence-corrected chi connectivity index (χ3v) is 3.31. The summed E-state index contributed by atoms with van der Waals surface area (Å²) in [4.78, 5) is 24.3. The molecule has 2 saturated heterocycles. The highest BCUT2D eigenvalue weighted by molar-refractivity contribution is 5.76. The van der Waals surface area contributed by atoms with Gasteiger partial charge >= 0.3 is 12.0 Å². The molecule has 6 nitrogen and oxygen atoms in total. The normalized spacial score (nSPS) is 28.4. The molecule has 2 aliphatic rings. The van der Waals surface area contributed by atoms with Crippen molar-refractivity contribution in [3.63, 3.8) is 0 Å². The number of carboxylic acids is 1. The minimum absolute atomic E-state index is 0.0363. The summed E-state index contributed by atoms with van der Waals surface area (Å²) in [6.07, 6.45) is 2.53.